The molecule has 222 valence electrons. The minimum absolute atomic E-state index is 0.0545. The maximum atomic E-state index is 14.0. The van der Waals surface area contributed by atoms with Gasteiger partial charge in [-0.25, -0.2) is 9.78 Å². The van der Waals surface area contributed by atoms with Crippen molar-refractivity contribution in [3.8, 4) is 0 Å². The van der Waals surface area contributed by atoms with Gasteiger partial charge in [0.1, 0.15) is 11.4 Å². The van der Waals surface area contributed by atoms with Crippen LogP contribution in [0.2, 0.25) is 5.02 Å². The highest BCUT2D eigenvalue weighted by Gasteiger charge is 2.60. The highest BCUT2D eigenvalue weighted by molar-refractivity contribution is 6.34. The van der Waals surface area contributed by atoms with E-state index in [4.69, 9.17) is 11.6 Å². The zero-order valence-electron chi connectivity index (χ0n) is 21.8. The molecule has 2 saturated heterocycles. The number of aromatic nitrogens is 2. The average Bonchev–Trinajstić information content (AvgIpc) is 3.54. The van der Waals surface area contributed by atoms with Gasteiger partial charge in [0.2, 0.25) is 0 Å². The Morgan fingerprint density at radius 3 is 2.12 bits per heavy atom. The van der Waals surface area contributed by atoms with Crippen LogP contribution in [0.5, 0.6) is 0 Å². The first-order valence-corrected chi connectivity index (χ1v) is 13.0. The average molecular weight is 614 g/mol. The first-order chi connectivity index (χ1) is 19.6. The van der Waals surface area contributed by atoms with Gasteiger partial charge in [-0.1, -0.05) is 23.7 Å². The molecule has 42 heavy (non-hydrogen) atoms. The van der Waals surface area contributed by atoms with E-state index in [0.29, 0.717) is 18.0 Å². The van der Waals surface area contributed by atoms with Crippen LogP contribution in [0.15, 0.2) is 54.9 Å². The summed E-state index contributed by atoms with van der Waals surface area (Å²) in [5.74, 6) is -1.32. The molecule has 0 bridgehead atoms. The molecule has 1 N–H and O–H groups in total. The standard InChI is InChI=1S/C27H22ClF6N5O3/c1-15(21-35-8-9-36-21)38-23(41)25(39(24(38)42)20-5-3-2-4-19(20)28)6-10-37(11-7-25)22(40)16-12-17(26(29,30)31)14-18(13-16)27(32,33)34/h2-5,8-9,12-15H,6-7,10-11H2,1H3,(H,35,36). The maximum absolute atomic E-state index is 14.0. The zero-order chi connectivity index (χ0) is 30.6. The SMILES string of the molecule is CC(c1ncc[nH]1)N1C(=O)N(c2ccccc2Cl)C2(CCN(C(=O)c3cc(C(F)(F)F)cc(C(F)(F)F)c3)CC2)C1=O. The molecule has 5 rings (SSSR count). The number of imide groups is 1. The lowest BCUT2D eigenvalue weighted by Crippen LogP contribution is -2.57. The molecule has 1 spiro atoms. The van der Waals surface area contributed by atoms with Gasteiger partial charge in [-0.3, -0.25) is 19.4 Å². The highest BCUT2D eigenvalue weighted by Crippen LogP contribution is 2.45. The Morgan fingerprint density at radius 2 is 1.60 bits per heavy atom. The summed E-state index contributed by atoms with van der Waals surface area (Å²) < 4.78 is 80.2. The number of imidazole rings is 1. The van der Waals surface area contributed by atoms with Crippen molar-refractivity contribution in [2.75, 3.05) is 18.0 Å². The van der Waals surface area contributed by atoms with Crippen molar-refractivity contribution in [1.82, 2.24) is 19.8 Å². The molecule has 3 aromatic rings. The monoisotopic (exact) mass is 613 g/mol. The van der Waals surface area contributed by atoms with Crippen LogP contribution in [0.3, 0.4) is 0 Å². The van der Waals surface area contributed by atoms with E-state index in [9.17, 15) is 40.7 Å². The number of rotatable bonds is 4. The first-order valence-electron chi connectivity index (χ1n) is 12.7. The van der Waals surface area contributed by atoms with Crippen LogP contribution in [0.4, 0.5) is 36.8 Å². The number of hydrogen-bond acceptors (Lipinski definition) is 4. The van der Waals surface area contributed by atoms with Crippen molar-refractivity contribution in [2.45, 2.75) is 43.7 Å². The van der Waals surface area contributed by atoms with Crippen LogP contribution in [0.1, 0.15) is 53.1 Å². The number of carbonyl (C=O) groups excluding carboxylic acids is 3. The number of likely N-dealkylation sites (tertiary alicyclic amines) is 1. The van der Waals surface area contributed by atoms with Crippen molar-refractivity contribution in [1.29, 1.82) is 0 Å². The summed E-state index contributed by atoms with van der Waals surface area (Å²) >= 11 is 6.42. The van der Waals surface area contributed by atoms with Crippen molar-refractivity contribution >= 4 is 35.1 Å². The lowest BCUT2D eigenvalue weighted by atomic mass is 9.85. The van der Waals surface area contributed by atoms with Gasteiger partial charge in [0.15, 0.2) is 0 Å². The number of H-pyrrole nitrogens is 1. The predicted molar refractivity (Wildman–Crippen MR) is 137 cm³/mol. The third-order valence-electron chi connectivity index (χ3n) is 7.55. The van der Waals surface area contributed by atoms with Gasteiger partial charge in [-0.2, -0.15) is 26.3 Å². The number of urea groups is 1. The van der Waals surface area contributed by atoms with E-state index in [0.717, 1.165) is 9.80 Å². The van der Waals surface area contributed by atoms with Crippen LogP contribution in [-0.2, 0) is 17.1 Å². The molecule has 1 aromatic heterocycles. The van der Waals surface area contributed by atoms with Crippen molar-refractivity contribution in [2.24, 2.45) is 0 Å². The van der Waals surface area contributed by atoms with E-state index >= 15 is 0 Å². The van der Waals surface area contributed by atoms with E-state index in [1.807, 2.05) is 0 Å². The maximum Gasteiger partial charge on any atom is 0.416 e. The number of nitrogens with zero attached hydrogens (tertiary/aromatic N) is 4. The number of amides is 4. The van der Waals surface area contributed by atoms with Crippen molar-refractivity contribution in [3.05, 3.63) is 82.4 Å². The molecular formula is C27H22ClF6N5O3. The van der Waals surface area contributed by atoms with E-state index in [2.05, 4.69) is 9.97 Å². The Bertz CT molecular complexity index is 1500. The summed E-state index contributed by atoms with van der Waals surface area (Å²) in [4.78, 5) is 51.4. The van der Waals surface area contributed by atoms with Gasteiger partial charge in [0.05, 0.1) is 27.9 Å². The number of halogens is 7. The third-order valence-corrected chi connectivity index (χ3v) is 7.87. The number of anilines is 1. The topological polar surface area (TPSA) is 89.6 Å². The molecule has 3 heterocycles. The van der Waals surface area contributed by atoms with Gasteiger partial charge in [-0.05, 0) is 50.1 Å². The number of benzene rings is 2. The van der Waals surface area contributed by atoms with Gasteiger partial charge in [0, 0.05) is 31.0 Å². The van der Waals surface area contributed by atoms with Crippen LogP contribution in [-0.4, -0.2) is 56.2 Å². The summed E-state index contributed by atoms with van der Waals surface area (Å²) in [6, 6.07) is 5.52. The number of hydrogen-bond donors (Lipinski definition) is 1. The summed E-state index contributed by atoms with van der Waals surface area (Å²) in [5.41, 5.74) is -5.31. The second kappa shape index (κ2) is 10.3. The fourth-order valence-corrected chi connectivity index (χ4v) is 5.63. The van der Waals surface area contributed by atoms with E-state index < -0.39 is 58.5 Å². The molecular weight excluding hydrogens is 592 g/mol. The summed E-state index contributed by atoms with van der Waals surface area (Å²) in [7, 11) is 0. The molecule has 4 amide bonds. The van der Waals surface area contributed by atoms with Gasteiger partial charge >= 0.3 is 18.4 Å². The minimum atomic E-state index is -5.12. The van der Waals surface area contributed by atoms with E-state index in [-0.39, 0.29) is 42.7 Å². The molecule has 2 aliphatic rings. The quantitative estimate of drug-likeness (QED) is 0.276. The van der Waals surface area contributed by atoms with Crippen LogP contribution in [0.25, 0.3) is 0 Å². The Hall–Kier alpha value is -4.07. The van der Waals surface area contributed by atoms with Gasteiger partial charge in [0.25, 0.3) is 11.8 Å². The number of aromatic amines is 1. The molecule has 2 aromatic carbocycles. The smallest absolute Gasteiger partial charge is 0.347 e. The first kappa shape index (κ1) is 29.4. The highest BCUT2D eigenvalue weighted by atomic mass is 35.5. The van der Waals surface area contributed by atoms with Crippen LogP contribution < -0.4 is 4.90 Å². The van der Waals surface area contributed by atoms with Gasteiger partial charge < -0.3 is 9.88 Å². The van der Waals surface area contributed by atoms with E-state index in [1.165, 1.54) is 23.4 Å². The number of piperidine rings is 1. The fraction of sp³-hybridized carbons (Fsp3) is 0.333. The third kappa shape index (κ3) is 4.97. The predicted octanol–water partition coefficient (Wildman–Crippen LogP) is 6.31. The Balaban J connectivity index is 1.48. The van der Waals surface area contributed by atoms with Crippen molar-refractivity contribution in [3.63, 3.8) is 0 Å². The molecule has 1 atom stereocenters. The fourth-order valence-electron chi connectivity index (χ4n) is 5.41. The lowest BCUT2D eigenvalue weighted by Gasteiger charge is -2.42. The molecule has 0 radical (unpaired) electrons. The largest absolute Gasteiger partial charge is 0.416 e. The molecule has 2 fully saturated rings. The number of carbonyl (C=O) groups is 3. The van der Waals surface area contributed by atoms with Crippen LogP contribution >= 0.6 is 11.6 Å². The van der Waals surface area contributed by atoms with Crippen LogP contribution in [0, 0.1) is 0 Å². The van der Waals surface area contributed by atoms with Gasteiger partial charge in [-0.15, -0.1) is 0 Å². The second-order valence-corrected chi connectivity index (χ2v) is 10.4. The van der Waals surface area contributed by atoms with E-state index in [1.54, 1.807) is 25.1 Å². The Kier molecular flexibility index (Phi) is 7.24. The Morgan fingerprint density at radius 1 is 1.00 bits per heavy atom. The lowest BCUT2D eigenvalue weighted by molar-refractivity contribution is -0.143. The van der Waals surface area contributed by atoms with Crippen molar-refractivity contribution < 1.29 is 40.7 Å². The second-order valence-electron chi connectivity index (χ2n) is 10.0. The molecule has 15 heteroatoms. The Labute approximate surface area is 239 Å². The number of nitrogens with one attached hydrogen (secondary N) is 1. The summed E-state index contributed by atoms with van der Waals surface area (Å²) in [6.07, 6.45) is -7.56. The molecule has 1 unspecified atom stereocenters. The minimum Gasteiger partial charge on any atom is -0.347 e. The normalized spacial score (nSPS) is 18.2. The number of alkyl halides is 6. The molecule has 0 saturated carbocycles. The molecule has 2 aliphatic heterocycles. The molecule has 8 nitrogen and oxygen atoms in total. The number of para-hydroxylation sites is 1. The summed E-state index contributed by atoms with van der Waals surface area (Å²) in [5, 5.41) is 0.174. The zero-order valence-corrected chi connectivity index (χ0v) is 22.5. The molecule has 0 aliphatic carbocycles. The summed E-state index contributed by atoms with van der Waals surface area (Å²) in [6.45, 7) is 1.13.